The van der Waals surface area contributed by atoms with Crippen LogP contribution < -0.4 is 21.5 Å². The van der Waals surface area contributed by atoms with Crippen LogP contribution in [0.25, 0.3) is 44.4 Å². The van der Waals surface area contributed by atoms with Crippen LogP contribution in [0.15, 0.2) is 157 Å². The van der Waals surface area contributed by atoms with Gasteiger partial charge in [-0.2, -0.15) is 30.1 Å². The maximum Gasteiger partial charge on any atom is 0.259 e. The number of aromatic hydroxyl groups is 3. The lowest BCUT2D eigenvalue weighted by Crippen LogP contribution is -2.17. The zero-order valence-electron chi connectivity index (χ0n) is 38.3. The molecular formula is C52H34N16O6. The highest BCUT2D eigenvalue weighted by Crippen LogP contribution is 2.42. The third kappa shape index (κ3) is 8.89. The van der Waals surface area contributed by atoms with Crippen molar-refractivity contribution in [3.8, 4) is 52.3 Å². The Bertz CT molecular complexity index is 4010. The normalized spacial score (nSPS) is 11.0. The average Bonchev–Trinajstić information content (AvgIpc) is 4.05. The number of nitriles is 2. The molecule has 7 N–H and O–H groups in total. The summed E-state index contributed by atoms with van der Waals surface area (Å²) in [4.78, 5) is 57.1. The van der Waals surface area contributed by atoms with Crippen LogP contribution in [0.5, 0.6) is 17.2 Å². The van der Waals surface area contributed by atoms with Crippen LogP contribution in [0.1, 0.15) is 49.1 Å². The highest BCUT2D eigenvalue weighted by atomic mass is 16.3. The van der Waals surface area contributed by atoms with Crippen molar-refractivity contribution in [3.05, 3.63) is 174 Å². The number of phenolic OH excluding ortho intramolecular Hbond substituents is 3. The zero-order chi connectivity index (χ0) is 51.5. The number of anilines is 4. The number of ketones is 1. The van der Waals surface area contributed by atoms with E-state index in [4.69, 9.17) is 0 Å². The van der Waals surface area contributed by atoms with Gasteiger partial charge in [0.05, 0.1) is 29.7 Å². The molecule has 10 aromatic rings. The number of nitrogens with zero attached hydrogens (tertiary/aromatic N) is 12. The number of phenols is 3. The lowest BCUT2D eigenvalue weighted by molar-refractivity contribution is 0.100. The molecule has 0 radical (unpaired) electrons. The Morgan fingerprint density at radius 2 is 1.36 bits per heavy atom. The lowest BCUT2D eigenvalue weighted by atomic mass is 9.97. The summed E-state index contributed by atoms with van der Waals surface area (Å²) in [5.41, 5.74) is 7.09. The number of hydrogen-bond donors (Lipinski definition) is 7. The van der Waals surface area contributed by atoms with E-state index in [-0.39, 0.29) is 85.5 Å². The quantitative estimate of drug-likeness (QED) is 0.0186. The van der Waals surface area contributed by atoms with Gasteiger partial charge in [-0.1, -0.05) is 48.5 Å². The van der Waals surface area contributed by atoms with E-state index in [2.05, 4.69) is 67.9 Å². The molecule has 0 aliphatic rings. The number of azo groups is 1. The van der Waals surface area contributed by atoms with E-state index in [9.17, 15) is 40.2 Å². The Balaban J connectivity index is 1.00. The van der Waals surface area contributed by atoms with Crippen LogP contribution in [0.2, 0.25) is 0 Å². The minimum atomic E-state index is -0.745. The summed E-state index contributed by atoms with van der Waals surface area (Å²) in [5.74, 6) is -2.39. The van der Waals surface area contributed by atoms with E-state index in [1.807, 2.05) is 6.07 Å². The Kier molecular flexibility index (Phi) is 12.2. The smallest absolute Gasteiger partial charge is 0.259 e. The van der Waals surface area contributed by atoms with Gasteiger partial charge in [0.25, 0.3) is 17.8 Å². The van der Waals surface area contributed by atoms with Crippen LogP contribution in [-0.4, -0.2) is 72.4 Å². The molecule has 0 unspecified atom stereocenters. The highest BCUT2D eigenvalue weighted by Gasteiger charge is 2.24. The molecule has 4 aromatic heterocycles. The number of fused-ring (bicyclic) bond motifs is 2. The molecule has 2 amide bonds. The van der Waals surface area contributed by atoms with E-state index in [0.717, 1.165) is 0 Å². The first-order valence-electron chi connectivity index (χ1n) is 22.0. The topological polar surface area (TPSA) is 320 Å². The van der Waals surface area contributed by atoms with E-state index in [1.54, 1.807) is 66.7 Å². The van der Waals surface area contributed by atoms with Crippen molar-refractivity contribution in [3.63, 3.8) is 0 Å². The number of aromatic nitrogens is 8. The van der Waals surface area contributed by atoms with Gasteiger partial charge in [-0.15, -0.1) is 10.2 Å². The van der Waals surface area contributed by atoms with Gasteiger partial charge >= 0.3 is 0 Å². The number of nitrogens with one attached hydrogen (secondary N) is 4. The molecule has 0 aliphatic carbocycles. The molecular weight excluding hydrogens is 945 g/mol. The summed E-state index contributed by atoms with van der Waals surface area (Å²) in [6.45, 7) is 1.39. The molecule has 6 aromatic carbocycles. The Labute approximate surface area is 417 Å². The van der Waals surface area contributed by atoms with E-state index in [0.29, 0.717) is 32.7 Å². The first-order valence-corrected chi connectivity index (χ1v) is 22.0. The van der Waals surface area contributed by atoms with Gasteiger partial charge in [-0.3, -0.25) is 30.2 Å². The second kappa shape index (κ2) is 19.5. The minimum absolute atomic E-state index is 0.00303. The standard InChI is InChI=1S/C52H34N16O6/c1-28(69)29-7-4-8-35(19-29)61-51(74)41-21-32-18-31(10-12-38(32)45(47(41)72)64-66-49-34(24-54)26-60-68(49)52-57-14-5-15-58-52)39-22-36(11-13-42(39)70)62-50(73)40-20-30-6-2-3-9-37(30)44(46(40)71)63-65-48-33(23-53)25-59-67(48)43-27-55-16-17-56-43/h2-22,25-27,64,66,70-72H,1H3,(H,61,74)(H,62,73). The fourth-order valence-corrected chi connectivity index (χ4v) is 7.92. The summed E-state index contributed by atoms with van der Waals surface area (Å²) in [6.07, 6.45) is 9.92. The van der Waals surface area contributed by atoms with Crippen LogP contribution in [0, 0.1) is 22.7 Å². The molecule has 0 aliphatic heterocycles. The fourth-order valence-electron chi connectivity index (χ4n) is 7.92. The largest absolute Gasteiger partial charge is 0.507 e. The lowest BCUT2D eigenvalue weighted by Gasteiger charge is -2.18. The minimum Gasteiger partial charge on any atom is -0.507 e. The summed E-state index contributed by atoms with van der Waals surface area (Å²) < 4.78 is 2.54. The van der Waals surface area contributed by atoms with Gasteiger partial charge in [-0.05, 0) is 77.9 Å². The van der Waals surface area contributed by atoms with Crippen molar-refractivity contribution >= 4 is 73.5 Å². The van der Waals surface area contributed by atoms with Gasteiger partial charge in [0, 0.05) is 58.1 Å². The van der Waals surface area contributed by atoms with Crippen LogP contribution >= 0.6 is 0 Å². The molecule has 10 rings (SSSR count). The fraction of sp³-hybridized carbons (Fsp3) is 0.0192. The summed E-state index contributed by atoms with van der Waals surface area (Å²) in [7, 11) is 0. The summed E-state index contributed by atoms with van der Waals surface area (Å²) in [6, 6.07) is 31.1. The molecule has 0 saturated carbocycles. The number of hydrazine groups is 1. The zero-order valence-corrected chi connectivity index (χ0v) is 38.3. The second-order valence-electron chi connectivity index (χ2n) is 16.1. The Morgan fingerprint density at radius 1 is 0.635 bits per heavy atom. The number of amides is 2. The Hall–Kier alpha value is -11.4. The van der Waals surface area contributed by atoms with Crippen molar-refractivity contribution in [2.45, 2.75) is 6.92 Å². The molecule has 4 heterocycles. The van der Waals surface area contributed by atoms with E-state index < -0.39 is 23.3 Å². The molecule has 74 heavy (non-hydrogen) atoms. The molecule has 0 atom stereocenters. The Morgan fingerprint density at radius 3 is 2.12 bits per heavy atom. The maximum atomic E-state index is 14.2. The van der Waals surface area contributed by atoms with Gasteiger partial charge in [-0.25, -0.2) is 15.0 Å². The third-order valence-corrected chi connectivity index (χ3v) is 11.5. The number of carbonyl (C=O) groups is 3. The summed E-state index contributed by atoms with van der Waals surface area (Å²) >= 11 is 0. The van der Waals surface area contributed by atoms with Crippen LogP contribution in [0.3, 0.4) is 0 Å². The van der Waals surface area contributed by atoms with Crippen molar-refractivity contribution in [1.82, 2.24) is 39.5 Å². The van der Waals surface area contributed by atoms with Gasteiger partial charge < -0.3 is 26.0 Å². The van der Waals surface area contributed by atoms with Crippen molar-refractivity contribution in [2.24, 2.45) is 10.2 Å². The molecule has 358 valence electrons. The van der Waals surface area contributed by atoms with Gasteiger partial charge in [0.1, 0.15) is 40.4 Å². The predicted octanol–water partition coefficient (Wildman–Crippen LogP) is 9.03. The van der Waals surface area contributed by atoms with Crippen molar-refractivity contribution in [2.75, 3.05) is 21.5 Å². The number of carbonyl (C=O) groups excluding carboxylic acids is 3. The molecule has 0 saturated heterocycles. The number of Topliss-reactive ketones (excluding diaryl/α,β-unsaturated/α-hetero) is 1. The number of rotatable bonds is 13. The molecule has 0 spiro atoms. The maximum absolute atomic E-state index is 14.2. The van der Waals surface area contributed by atoms with Crippen molar-refractivity contribution in [1.29, 1.82) is 10.5 Å². The first-order chi connectivity index (χ1) is 36.0. The van der Waals surface area contributed by atoms with Crippen LogP contribution in [-0.2, 0) is 0 Å². The van der Waals surface area contributed by atoms with Crippen LogP contribution in [0.4, 0.5) is 34.4 Å². The number of benzene rings is 6. The van der Waals surface area contributed by atoms with E-state index >= 15 is 0 Å². The third-order valence-electron chi connectivity index (χ3n) is 11.5. The summed E-state index contributed by atoms with van der Waals surface area (Å²) in [5, 5.41) is 79.0. The van der Waals surface area contributed by atoms with Gasteiger partial charge in [0.15, 0.2) is 34.7 Å². The highest BCUT2D eigenvalue weighted by molar-refractivity contribution is 6.14. The van der Waals surface area contributed by atoms with E-state index in [1.165, 1.54) is 96.1 Å². The molecule has 0 fully saturated rings. The first kappa shape index (κ1) is 46.3. The monoisotopic (exact) mass is 978 g/mol. The van der Waals surface area contributed by atoms with Crippen molar-refractivity contribution < 1.29 is 29.7 Å². The number of hydrogen-bond acceptors (Lipinski definition) is 18. The molecule has 0 bridgehead atoms. The second-order valence-corrected chi connectivity index (χ2v) is 16.1. The average molecular weight is 979 g/mol. The van der Waals surface area contributed by atoms with Gasteiger partial charge in [0.2, 0.25) is 0 Å². The molecule has 22 nitrogen and oxygen atoms in total. The molecule has 22 heteroatoms. The predicted molar refractivity (Wildman–Crippen MR) is 270 cm³/mol. The SMILES string of the molecule is CC(=O)c1cccc(NC(=O)c2cc3cc(-c4cc(NC(=O)c5cc6ccccc6c(N=Nc6c(C#N)cnn6-c6cnccn6)c5O)ccc4O)ccc3c(NNc3c(C#N)cnn3-c3ncccn3)c2O)c1.